The highest BCUT2D eigenvalue weighted by Gasteiger charge is 2.34. The van der Waals surface area contributed by atoms with Gasteiger partial charge in [-0.1, -0.05) is 18.2 Å². The molecule has 1 aliphatic rings. The van der Waals surface area contributed by atoms with Gasteiger partial charge in [-0.15, -0.1) is 0 Å². The first kappa shape index (κ1) is 26.0. The molecule has 0 bridgehead atoms. The average molecular weight is 498 g/mol. The molecule has 36 heavy (non-hydrogen) atoms. The lowest BCUT2D eigenvalue weighted by Gasteiger charge is -2.31. The molecule has 0 saturated carbocycles. The fourth-order valence-corrected chi connectivity index (χ4v) is 4.59. The number of para-hydroxylation sites is 1. The molecule has 0 amide bonds. The summed E-state index contributed by atoms with van der Waals surface area (Å²) in [4.78, 5) is 2.42. The van der Waals surface area contributed by atoms with Crippen LogP contribution in [0.25, 0.3) is 0 Å². The van der Waals surface area contributed by atoms with E-state index in [4.69, 9.17) is 18.9 Å². The summed E-state index contributed by atoms with van der Waals surface area (Å²) >= 11 is 0. The van der Waals surface area contributed by atoms with Crippen molar-refractivity contribution < 1.29 is 23.3 Å². The van der Waals surface area contributed by atoms with E-state index in [1.165, 1.54) is 11.6 Å². The van der Waals surface area contributed by atoms with E-state index < -0.39 is 5.60 Å². The number of hydrogen-bond acceptors (Lipinski definition) is 6. The molecule has 2 aromatic carbocycles. The standard InChI is InChI=1S/C28H36FN3O4/c1-33-26-11-10-23(20-27(26)35-19-7-17-32-16-6-14-30-32)21-31-15-5-12-28(34-2,13-18-31)22-36-25-9-4-3-8-24(25)29/h3-4,6,8-11,14,16,20H,5,7,12-13,15,17-19,21-22H2,1-2H3/t28-/m1/s1. The molecule has 8 heteroatoms. The van der Waals surface area contributed by atoms with Crippen LogP contribution in [0.1, 0.15) is 31.2 Å². The Morgan fingerprint density at radius 2 is 1.86 bits per heavy atom. The number of likely N-dealkylation sites (tertiary alicyclic amines) is 1. The van der Waals surface area contributed by atoms with Gasteiger partial charge < -0.3 is 18.9 Å². The minimum atomic E-state index is -0.431. The predicted octanol–water partition coefficient (Wildman–Crippen LogP) is 4.95. The summed E-state index contributed by atoms with van der Waals surface area (Å²) in [6, 6.07) is 14.6. The van der Waals surface area contributed by atoms with Crippen LogP contribution in [-0.2, 0) is 17.8 Å². The van der Waals surface area contributed by atoms with E-state index in [1.807, 2.05) is 23.0 Å². The van der Waals surface area contributed by atoms with Crippen molar-refractivity contribution in [1.29, 1.82) is 0 Å². The number of halogens is 1. The van der Waals surface area contributed by atoms with Gasteiger partial charge in [-0.2, -0.15) is 5.10 Å². The Balaban J connectivity index is 1.32. The highest BCUT2D eigenvalue weighted by Crippen LogP contribution is 2.31. The Morgan fingerprint density at radius 3 is 2.64 bits per heavy atom. The van der Waals surface area contributed by atoms with E-state index in [0.29, 0.717) is 13.2 Å². The van der Waals surface area contributed by atoms with Gasteiger partial charge in [-0.25, -0.2) is 4.39 Å². The molecule has 1 saturated heterocycles. The monoisotopic (exact) mass is 497 g/mol. The fourth-order valence-electron chi connectivity index (χ4n) is 4.59. The first-order chi connectivity index (χ1) is 17.6. The Labute approximate surface area is 212 Å². The highest BCUT2D eigenvalue weighted by atomic mass is 19.1. The quantitative estimate of drug-likeness (QED) is 0.330. The van der Waals surface area contributed by atoms with Crippen molar-refractivity contribution in [3.05, 3.63) is 72.3 Å². The Hall–Kier alpha value is -3.10. The second-order valence-electron chi connectivity index (χ2n) is 9.19. The Morgan fingerprint density at radius 1 is 0.972 bits per heavy atom. The molecule has 0 radical (unpaired) electrons. The molecule has 0 unspecified atom stereocenters. The lowest BCUT2D eigenvalue weighted by molar-refractivity contribution is -0.0548. The summed E-state index contributed by atoms with van der Waals surface area (Å²) in [5, 5.41) is 4.23. The number of rotatable bonds is 12. The van der Waals surface area contributed by atoms with Crippen LogP contribution in [0.3, 0.4) is 0 Å². The first-order valence-corrected chi connectivity index (χ1v) is 12.5. The molecule has 7 nitrogen and oxygen atoms in total. The average Bonchev–Trinajstić information content (AvgIpc) is 3.34. The normalized spacial score (nSPS) is 18.5. The van der Waals surface area contributed by atoms with Crippen LogP contribution in [0.4, 0.5) is 4.39 Å². The van der Waals surface area contributed by atoms with Crippen LogP contribution in [0, 0.1) is 5.82 Å². The molecule has 2 heterocycles. The number of benzene rings is 2. The number of aromatic nitrogens is 2. The summed E-state index contributed by atoms with van der Waals surface area (Å²) in [7, 11) is 3.38. The van der Waals surface area contributed by atoms with Gasteiger partial charge in [0.05, 0.1) is 13.7 Å². The number of aryl methyl sites for hydroxylation is 1. The lowest BCUT2D eigenvalue weighted by Crippen LogP contribution is -2.39. The van der Waals surface area contributed by atoms with Crippen LogP contribution in [0.2, 0.25) is 0 Å². The third-order valence-corrected chi connectivity index (χ3v) is 6.73. The third-order valence-electron chi connectivity index (χ3n) is 6.73. The van der Waals surface area contributed by atoms with Crippen molar-refractivity contribution in [3.8, 4) is 17.2 Å². The van der Waals surface area contributed by atoms with E-state index in [0.717, 1.165) is 63.4 Å². The van der Waals surface area contributed by atoms with Crippen molar-refractivity contribution >= 4 is 0 Å². The summed E-state index contributed by atoms with van der Waals surface area (Å²) < 4.78 is 39.3. The molecule has 1 atom stereocenters. The van der Waals surface area contributed by atoms with Crippen molar-refractivity contribution in [2.24, 2.45) is 0 Å². The summed E-state index contributed by atoms with van der Waals surface area (Å²) in [6.45, 7) is 4.35. The molecule has 3 aromatic rings. The van der Waals surface area contributed by atoms with Crippen molar-refractivity contribution in [3.63, 3.8) is 0 Å². The van der Waals surface area contributed by atoms with Gasteiger partial charge in [0, 0.05) is 45.6 Å². The molecule has 194 valence electrons. The molecule has 0 N–H and O–H groups in total. The number of hydrogen-bond donors (Lipinski definition) is 0. The molecule has 1 aliphatic heterocycles. The smallest absolute Gasteiger partial charge is 0.165 e. The van der Waals surface area contributed by atoms with E-state index in [9.17, 15) is 4.39 Å². The van der Waals surface area contributed by atoms with E-state index >= 15 is 0 Å². The van der Waals surface area contributed by atoms with Crippen molar-refractivity contribution in [2.45, 2.75) is 44.4 Å². The Kier molecular flexibility index (Phi) is 9.19. The van der Waals surface area contributed by atoms with Gasteiger partial charge >= 0.3 is 0 Å². The van der Waals surface area contributed by atoms with Crippen molar-refractivity contribution in [1.82, 2.24) is 14.7 Å². The van der Waals surface area contributed by atoms with Gasteiger partial charge in [-0.05, 0) is 61.7 Å². The molecule has 1 aromatic heterocycles. The number of nitrogens with zero attached hydrogens (tertiary/aromatic N) is 3. The van der Waals surface area contributed by atoms with Crippen LogP contribution in [0.5, 0.6) is 17.2 Å². The zero-order valence-electron chi connectivity index (χ0n) is 21.2. The van der Waals surface area contributed by atoms with Gasteiger partial charge in [0.2, 0.25) is 0 Å². The molecular weight excluding hydrogens is 461 g/mol. The highest BCUT2D eigenvalue weighted by molar-refractivity contribution is 5.43. The minimum Gasteiger partial charge on any atom is -0.493 e. The van der Waals surface area contributed by atoms with Gasteiger partial charge in [0.15, 0.2) is 23.1 Å². The lowest BCUT2D eigenvalue weighted by atomic mass is 9.95. The molecule has 1 fully saturated rings. The van der Waals surface area contributed by atoms with E-state index in [-0.39, 0.29) is 11.6 Å². The third kappa shape index (κ3) is 6.98. The number of ether oxygens (including phenoxy) is 4. The van der Waals surface area contributed by atoms with E-state index in [2.05, 4.69) is 22.1 Å². The van der Waals surface area contributed by atoms with Gasteiger partial charge in [0.25, 0.3) is 0 Å². The summed E-state index contributed by atoms with van der Waals surface area (Å²) in [6.07, 6.45) is 7.24. The maximum Gasteiger partial charge on any atom is 0.165 e. The largest absolute Gasteiger partial charge is 0.493 e. The summed E-state index contributed by atoms with van der Waals surface area (Å²) in [5.74, 6) is 1.41. The topological polar surface area (TPSA) is 58.0 Å². The maximum atomic E-state index is 14.0. The second-order valence-corrected chi connectivity index (χ2v) is 9.19. The van der Waals surface area contributed by atoms with Crippen LogP contribution < -0.4 is 14.2 Å². The van der Waals surface area contributed by atoms with Crippen molar-refractivity contribution in [2.75, 3.05) is 40.5 Å². The second kappa shape index (κ2) is 12.7. The van der Waals surface area contributed by atoms with Gasteiger partial charge in [0.1, 0.15) is 12.2 Å². The summed E-state index contributed by atoms with van der Waals surface area (Å²) in [5.41, 5.74) is 0.741. The number of methoxy groups -OCH3 is 2. The van der Waals surface area contributed by atoms with Crippen LogP contribution in [0.15, 0.2) is 60.9 Å². The van der Waals surface area contributed by atoms with Crippen LogP contribution in [-0.4, -0.2) is 60.8 Å². The maximum absolute atomic E-state index is 14.0. The zero-order chi connectivity index (χ0) is 25.2. The molecular formula is C28H36FN3O4. The molecule has 0 spiro atoms. The zero-order valence-corrected chi connectivity index (χ0v) is 21.2. The SMILES string of the molecule is COc1ccc(CN2CCC[C@@](COc3ccccc3F)(OC)CC2)cc1OCCCn1cccn1. The molecule has 0 aliphatic carbocycles. The Bertz CT molecular complexity index is 1080. The van der Waals surface area contributed by atoms with Gasteiger partial charge in [-0.3, -0.25) is 9.58 Å². The minimum absolute atomic E-state index is 0.269. The van der Waals surface area contributed by atoms with Crippen LogP contribution >= 0.6 is 0 Å². The first-order valence-electron chi connectivity index (χ1n) is 12.5. The fraction of sp³-hybridized carbons (Fsp3) is 0.464. The molecule has 4 rings (SSSR count). The predicted molar refractivity (Wildman–Crippen MR) is 136 cm³/mol. The van der Waals surface area contributed by atoms with E-state index in [1.54, 1.807) is 38.6 Å².